The lowest BCUT2D eigenvalue weighted by atomic mass is 10.0. The third-order valence-electron chi connectivity index (χ3n) is 3.65. The molecule has 1 aliphatic rings. The molecule has 1 aliphatic heterocycles. The first-order chi connectivity index (χ1) is 9.99. The molecule has 0 amide bonds. The number of hydrogen-bond donors (Lipinski definition) is 2. The lowest BCUT2D eigenvalue weighted by Gasteiger charge is -2.25. The zero-order valence-corrected chi connectivity index (χ0v) is 12.9. The Morgan fingerprint density at radius 2 is 2.19 bits per heavy atom. The Kier molecular flexibility index (Phi) is 5.34. The number of nitrogens with one attached hydrogen (secondary N) is 1. The van der Waals surface area contributed by atoms with Crippen LogP contribution in [-0.4, -0.2) is 46.0 Å². The third-order valence-corrected chi connectivity index (χ3v) is 4.94. The molecular weight excluding hydrogens is 294 g/mol. The average molecular weight is 315 g/mol. The monoisotopic (exact) mass is 315 g/mol. The quantitative estimate of drug-likeness (QED) is 0.761. The van der Waals surface area contributed by atoms with E-state index >= 15 is 0 Å². The van der Waals surface area contributed by atoms with Gasteiger partial charge in [0.1, 0.15) is 5.60 Å². The van der Waals surface area contributed by atoms with Crippen LogP contribution in [0.1, 0.15) is 17.5 Å². The van der Waals surface area contributed by atoms with E-state index in [-0.39, 0.29) is 18.9 Å². The van der Waals surface area contributed by atoms with Gasteiger partial charge in [0.05, 0.1) is 19.0 Å². The molecule has 0 aliphatic carbocycles. The molecule has 21 heavy (non-hydrogen) atoms. The van der Waals surface area contributed by atoms with Crippen LogP contribution in [0.15, 0.2) is 24.3 Å². The molecular formula is C14H21NO5S. The van der Waals surface area contributed by atoms with Crippen LogP contribution < -0.4 is 4.72 Å². The molecule has 6 nitrogen and oxygen atoms in total. The summed E-state index contributed by atoms with van der Waals surface area (Å²) in [5.74, 6) is -0.124. The van der Waals surface area contributed by atoms with Gasteiger partial charge in [-0.15, -0.1) is 0 Å². The van der Waals surface area contributed by atoms with Crippen LogP contribution in [-0.2, 0) is 31.9 Å². The normalized spacial score (nSPS) is 22.6. The van der Waals surface area contributed by atoms with Crippen molar-refractivity contribution in [2.24, 2.45) is 0 Å². The van der Waals surface area contributed by atoms with Gasteiger partial charge in [-0.2, -0.15) is 0 Å². The molecule has 0 saturated carbocycles. The van der Waals surface area contributed by atoms with Crippen molar-refractivity contribution in [3.63, 3.8) is 0 Å². The Labute approximate surface area is 125 Å². The summed E-state index contributed by atoms with van der Waals surface area (Å²) in [5, 5.41) is 9.08. The van der Waals surface area contributed by atoms with E-state index in [2.05, 4.69) is 4.72 Å². The van der Waals surface area contributed by atoms with Gasteiger partial charge in [0.25, 0.3) is 0 Å². The lowest BCUT2D eigenvalue weighted by molar-refractivity contribution is -0.0120. The van der Waals surface area contributed by atoms with Crippen molar-refractivity contribution < 1.29 is 23.0 Å². The third kappa shape index (κ3) is 4.49. The predicted molar refractivity (Wildman–Crippen MR) is 78.2 cm³/mol. The molecule has 0 bridgehead atoms. The van der Waals surface area contributed by atoms with Crippen LogP contribution in [0.4, 0.5) is 0 Å². The highest BCUT2D eigenvalue weighted by Crippen LogP contribution is 2.22. The summed E-state index contributed by atoms with van der Waals surface area (Å²) in [5.41, 5.74) is 0.767. The molecule has 0 aromatic heterocycles. The summed E-state index contributed by atoms with van der Waals surface area (Å²) in [7, 11) is -1.90. The van der Waals surface area contributed by atoms with Gasteiger partial charge in [-0.3, -0.25) is 0 Å². The topological polar surface area (TPSA) is 84.9 Å². The van der Waals surface area contributed by atoms with E-state index in [0.717, 1.165) is 0 Å². The van der Waals surface area contributed by atoms with Gasteiger partial charge in [0, 0.05) is 26.7 Å². The second-order valence-corrected chi connectivity index (χ2v) is 7.05. The minimum atomic E-state index is -3.46. The highest BCUT2D eigenvalue weighted by atomic mass is 32.2. The molecule has 1 atom stereocenters. The van der Waals surface area contributed by atoms with E-state index in [1.165, 1.54) is 0 Å². The number of ether oxygens (including phenoxy) is 2. The maximum absolute atomic E-state index is 12.1. The number of hydrogen-bond acceptors (Lipinski definition) is 5. The van der Waals surface area contributed by atoms with Crippen LogP contribution in [0.25, 0.3) is 0 Å². The van der Waals surface area contributed by atoms with Crippen molar-refractivity contribution in [2.45, 2.75) is 24.4 Å². The molecule has 2 N–H and O–H groups in total. The molecule has 1 aromatic rings. The van der Waals surface area contributed by atoms with Crippen LogP contribution in [0.3, 0.4) is 0 Å². The Hall–Kier alpha value is -0.990. The average Bonchev–Trinajstić information content (AvgIpc) is 2.95. The molecule has 0 spiro atoms. The van der Waals surface area contributed by atoms with E-state index < -0.39 is 15.6 Å². The smallest absolute Gasteiger partial charge is 0.215 e. The summed E-state index contributed by atoms with van der Waals surface area (Å²) in [4.78, 5) is 0. The SMILES string of the molecule is COC1(CNS(=O)(=O)Cc2cccc(CO)c2)CCOC1. The number of methoxy groups -OCH3 is 1. The van der Waals surface area contributed by atoms with Crippen molar-refractivity contribution in [3.05, 3.63) is 35.4 Å². The minimum Gasteiger partial charge on any atom is -0.392 e. The molecule has 0 radical (unpaired) electrons. The minimum absolute atomic E-state index is 0.106. The largest absolute Gasteiger partial charge is 0.392 e. The fourth-order valence-electron chi connectivity index (χ4n) is 2.29. The molecule has 1 aromatic carbocycles. The number of aliphatic hydroxyl groups is 1. The van der Waals surface area contributed by atoms with Gasteiger partial charge in [0.15, 0.2) is 0 Å². The Morgan fingerprint density at radius 3 is 2.81 bits per heavy atom. The maximum Gasteiger partial charge on any atom is 0.215 e. The Morgan fingerprint density at radius 1 is 1.43 bits per heavy atom. The number of benzene rings is 1. The molecule has 2 rings (SSSR count). The first-order valence-corrected chi connectivity index (χ1v) is 8.43. The molecule has 118 valence electrons. The fraction of sp³-hybridized carbons (Fsp3) is 0.571. The standard InChI is InChI=1S/C14H21NO5S/c1-19-14(5-6-20-11-14)10-15-21(17,18)9-13-4-2-3-12(7-13)8-16/h2-4,7,15-16H,5-6,8-11H2,1H3. The van der Waals surface area contributed by atoms with Crippen LogP contribution >= 0.6 is 0 Å². The molecule has 1 saturated heterocycles. The van der Waals surface area contributed by atoms with Crippen molar-refractivity contribution >= 4 is 10.0 Å². The second-order valence-electron chi connectivity index (χ2n) is 5.25. The van der Waals surface area contributed by atoms with Crippen LogP contribution in [0.2, 0.25) is 0 Å². The van der Waals surface area contributed by atoms with E-state index in [1.54, 1.807) is 31.4 Å². The molecule has 7 heteroatoms. The van der Waals surface area contributed by atoms with Gasteiger partial charge < -0.3 is 14.6 Å². The second kappa shape index (κ2) is 6.85. The summed E-state index contributed by atoms with van der Waals surface area (Å²) in [6.07, 6.45) is 0.673. The number of sulfonamides is 1. The van der Waals surface area contributed by atoms with Gasteiger partial charge in [-0.1, -0.05) is 24.3 Å². The molecule has 1 fully saturated rings. The van der Waals surface area contributed by atoms with E-state index in [1.807, 2.05) is 0 Å². The van der Waals surface area contributed by atoms with Crippen molar-refractivity contribution in [3.8, 4) is 0 Å². The zero-order chi connectivity index (χ0) is 15.3. The van der Waals surface area contributed by atoms with E-state index in [4.69, 9.17) is 14.6 Å². The van der Waals surface area contributed by atoms with E-state index in [9.17, 15) is 8.42 Å². The summed E-state index contributed by atoms with van der Waals surface area (Å²) < 4.78 is 37.5. The Balaban J connectivity index is 1.98. The van der Waals surface area contributed by atoms with Crippen LogP contribution in [0.5, 0.6) is 0 Å². The Bertz CT molecular complexity index is 566. The molecule has 1 unspecified atom stereocenters. The molecule has 1 heterocycles. The van der Waals surface area contributed by atoms with Gasteiger partial charge in [-0.25, -0.2) is 13.1 Å². The van der Waals surface area contributed by atoms with Crippen molar-refractivity contribution in [1.82, 2.24) is 4.72 Å². The number of aliphatic hydroxyl groups excluding tert-OH is 1. The summed E-state index contributed by atoms with van der Waals surface area (Å²) >= 11 is 0. The highest BCUT2D eigenvalue weighted by Gasteiger charge is 2.35. The van der Waals surface area contributed by atoms with Crippen LogP contribution in [0, 0.1) is 0 Å². The van der Waals surface area contributed by atoms with E-state index in [0.29, 0.717) is 30.8 Å². The first-order valence-electron chi connectivity index (χ1n) is 6.77. The lowest BCUT2D eigenvalue weighted by Crippen LogP contribution is -2.45. The number of rotatable bonds is 7. The predicted octanol–water partition coefficient (Wildman–Crippen LogP) is 0.404. The maximum atomic E-state index is 12.1. The van der Waals surface area contributed by atoms with Crippen molar-refractivity contribution in [2.75, 3.05) is 26.9 Å². The zero-order valence-electron chi connectivity index (χ0n) is 12.0. The summed E-state index contributed by atoms with van der Waals surface area (Å²) in [6.45, 7) is 1.07. The summed E-state index contributed by atoms with van der Waals surface area (Å²) in [6, 6.07) is 6.89. The fourth-order valence-corrected chi connectivity index (χ4v) is 3.49. The van der Waals surface area contributed by atoms with Gasteiger partial charge >= 0.3 is 0 Å². The van der Waals surface area contributed by atoms with Crippen molar-refractivity contribution in [1.29, 1.82) is 0 Å². The first kappa shape index (κ1) is 16.4. The van der Waals surface area contributed by atoms with Gasteiger partial charge in [0.2, 0.25) is 10.0 Å². The highest BCUT2D eigenvalue weighted by molar-refractivity contribution is 7.88. The van der Waals surface area contributed by atoms with Gasteiger partial charge in [-0.05, 0) is 11.1 Å².